The minimum atomic E-state index is -0.102. The molecule has 2 amide bonds. The van der Waals surface area contributed by atoms with Crippen molar-refractivity contribution in [2.45, 2.75) is 36.5 Å². The zero-order chi connectivity index (χ0) is 21.5. The summed E-state index contributed by atoms with van der Waals surface area (Å²) in [7, 11) is 0. The van der Waals surface area contributed by atoms with E-state index in [0.29, 0.717) is 17.7 Å². The van der Waals surface area contributed by atoms with E-state index in [1.807, 2.05) is 64.3 Å². The number of hydrogen-bond donors (Lipinski definition) is 1. The lowest BCUT2D eigenvalue weighted by Crippen LogP contribution is -2.35. The lowest BCUT2D eigenvalue weighted by Gasteiger charge is -2.26. The Kier molecular flexibility index (Phi) is 7.38. The number of benzene rings is 2. The van der Waals surface area contributed by atoms with Gasteiger partial charge in [0.25, 0.3) is 11.8 Å². The molecule has 1 N–H and O–H groups in total. The Bertz CT molecular complexity index is 1010. The van der Waals surface area contributed by atoms with Gasteiger partial charge >= 0.3 is 0 Å². The number of nitrogens with zero attached hydrogens (tertiary/aromatic N) is 2. The first-order valence-corrected chi connectivity index (χ1v) is 12.4. The van der Waals surface area contributed by atoms with Crippen LogP contribution in [0, 0.1) is 0 Å². The minimum Gasteiger partial charge on any atom is -0.348 e. The molecule has 0 bridgehead atoms. The van der Waals surface area contributed by atoms with Gasteiger partial charge in [-0.05, 0) is 49.1 Å². The van der Waals surface area contributed by atoms with Crippen molar-refractivity contribution in [3.63, 3.8) is 0 Å². The molecule has 0 spiro atoms. The quantitative estimate of drug-likeness (QED) is 0.514. The fraction of sp³-hybridized carbons (Fsp3) is 0.292. The molecule has 1 aromatic heterocycles. The van der Waals surface area contributed by atoms with Crippen LogP contribution in [0.3, 0.4) is 0 Å². The molecule has 0 saturated carbocycles. The van der Waals surface area contributed by atoms with Crippen molar-refractivity contribution in [1.29, 1.82) is 0 Å². The largest absolute Gasteiger partial charge is 0.348 e. The zero-order valence-corrected chi connectivity index (χ0v) is 18.9. The van der Waals surface area contributed by atoms with Crippen molar-refractivity contribution in [1.82, 2.24) is 15.2 Å². The van der Waals surface area contributed by atoms with Crippen LogP contribution in [0.5, 0.6) is 0 Å². The summed E-state index contributed by atoms with van der Waals surface area (Å²) in [6, 6.07) is 15.2. The van der Waals surface area contributed by atoms with Crippen molar-refractivity contribution < 1.29 is 9.59 Å². The molecule has 1 aliphatic rings. The number of nitrogens with one attached hydrogen (secondary N) is 1. The molecule has 0 atom stereocenters. The van der Waals surface area contributed by atoms with E-state index < -0.39 is 0 Å². The van der Waals surface area contributed by atoms with E-state index in [9.17, 15) is 9.59 Å². The van der Waals surface area contributed by atoms with Gasteiger partial charge in [-0.25, -0.2) is 4.98 Å². The number of likely N-dealkylation sites (tertiary alicyclic amines) is 1. The SMILES string of the molecule is O=C(NCc1ccc(C(=O)N2CCCCC2)cc1)c1ccccc1SCc1cscn1. The van der Waals surface area contributed by atoms with E-state index in [4.69, 9.17) is 0 Å². The van der Waals surface area contributed by atoms with Crippen molar-refractivity contribution in [2.24, 2.45) is 0 Å². The highest BCUT2D eigenvalue weighted by atomic mass is 32.2. The molecule has 4 rings (SSSR count). The second-order valence-corrected chi connectivity index (χ2v) is 9.23. The van der Waals surface area contributed by atoms with Gasteiger partial charge in [-0.1, -0.05) is 24.3 Å². The second-order valence-electron chi connectivity index (χ2n) is 7.50. The molecule has 1 saturated heterocycles. The maximum absolute atomic E-state index is 12.8. The van der Waals surface area contributed by atoms with Gasteiger partial charge in [0.1, 0.15) is 0 Å². The van der Waals surface area contributed by atoms with Crippen LogP contribution in [-0.4, -0.2) is 34.8 Å². The van der Waals surface area contributed by atoms with Crippen molar-refractivity contribution in [3.8, 4) is 0 Å². The van der Waals surface area contributed by atoms with Crippen molar-refractivity contribution >= 4 is 34.9 Å². The van der Waals surface area contributed by atoms with Gasteiger partial charge in [-0.3, -0.25) is 9.59 Å². The lowest BCUT2D eigenvalue weighted by atomic mass is 10.1. The molecule has 2 aromatic carbocycles. The first kappa shape index (κ1) is 21.6. The number of carbonyl (C=O) groups excluding carboxylic acids is 2. The monoisotopic (exact) mass is 451 g/mol. The number of thioether (sulfide) groups is 1. The third-order valence-corrected chi connectivity index (χ3v) is 7.03. The van der Waals surface area contributed by atoms with Gasteiger partial charge in [0.2, 0.25) is 0 Å². The normalized spacial score (nSPS) is 13.7. The third-order valence-electron chi connectivity index (χ3n) is 5.29. The van der Waals surface area contributed by atoms with E-state index in [0.717, 1.165) is 47.8 Å². The smallest absolute Gasteiger partial charge is 0.253 e. The summed E-state index contributed by atoms with van der Waals surface area (Å²) in [6.07, 6.45) is 3.37. The standard InChI is InChI=1S/C24H25N3O2S2/c28-23(21-6-2-3-7-22(21)31-16-20-15-30-17-26-20)25-14-18-8-10-19(11-9-18)24(29)27-12-4-1-5-13-27/h2-3,6-11,15,17H,1,4-5,12-14,16H2,(H,25,28). The number of aromatic nitrogens is 1. The van der Waals surface area contributed by atoms with Crippen LogP contribution in [0.15, 0.2) is 64.3 Å². The Hall–Kier alpha value is -2.64. The van der Waals surface area contributed by atoms with Crippen molar-refractivity contribution in [2.75, 3.05) is 13.1 Å². The zero-order valence-electron chi connectivity index (χ0n) is 17.3. The van der Waals surface area contributed by atoms with Crippen LogP contribution >= 0.6 is 23.1 Å². The van der Waals surface area contributed by atoms with Crippen LogP contribution in [0.2, 0.25) is 0 Å². The molecule has 160 valence electrons. The Morgan fingerprint density at radius 3 is 2.55 bits per heavy atom. The highest BCUT2D eigenvalue weighted by Gasteiger charge is 2.18. The number of rotatable bonds is 7. The number of carbonyl (C=O) groups is 2. The Morgan fingerprint density at radius 1 is 1.03 bits per heavy atom. The fourth-order valence-corrected chi connectivity index (χ4v) is 5.18. The molecule has 2 heterocycles. The Labute approximate surface area is 190 Å². The Morgan fingerprint density at radius 2 is 1.81 bits per heavy atom. The van der Waals surface area contributed by atoms with Gasteiger partial charge in [0.05, 0.1) is 16.8 Å². The van der Waals surface area contributed by atoms with Crippen LogP contribution in [-0.2, 0) is 12.3 Å². The van der Waals surface area contributed by atoms with E-state index in [1.165, 1.54) is 6.42 Å². The average molecular weight is 452 g/mol. The van der Waals surface area contributed by atoms with Crippen LogP contribution < -0.4 is 5.32 Å². The van der Waals surface area contributed by atoms with E-state index in [2.05, 4.69) is 10.3 Å². The van der Waals surface area contributed by atoms with Gasteiger partial charge in [0, 0.05) is 41.2 Å². The summed E-state index contributed by atoms with van der Waals surface area (Å²) in [5.74, 6) is 0.733. The molecule has 0 radical (unpaired) electrons. The first-order chi connectivity index (χ1) is 15.2. The van der Waals surface area contributed by atoms with E-state index >= 15 is 0 Å². The Balaban J connectivity index is 1.34. The predicted octanol–water partition coefficient (Wildman–Crippen LogP) is 4.99. The summed E-state index contributed by atoms with van der Waals surface area (Å²) in [4.78, 5) is 32.6. The van der Waals surface area contributed by atoms with Crippen LogP contribution in [0.25, 0.3) is 0 Å². The van der Waals surface area contributed by atoms with Gasteiger partial charge in [0.15, 0.2) is 0 Å². The number of amides is 2. The van der Waals surface area contributed by atoms with E-state index in [1.54, 1.807) is 23.1 Å². The maximum atomic E-state index is 12.8. The highest BCUT2D eigenvalue weighted by molar-refractivity contribution is 7.98. The molecule has 0 unspecified atom stereocenters. The van der Waals surface area contributed by atoms with Gasteiger partial charge in [-0.2, -0.15) is 0 Å². The molecule has 0 aliphatic carbocycles. The molecule has 5 nitrogen and oxygen atoms in total. The lowest BCUT2D eigenvalue weighted by molar-refractivity contribution is 0.0724. The molecule has 31 heavy (non-hydrogen) atoms. The van der Waals surface area contributed by atoms with E-state index in [-0.39, 0.29) is 11.8 Å². The second kappa shape index (κ2) is 10.6. The minimum absolute atomic E-state index is 0.0985. The maximum Gasteiger partial charge on any atom is 0.253 e. The van der Waals surface area contributed by atoms with Crippen molar-refractivity contribution in [3.05, 3.63) is 81.8 Å². The molecular formula is C24H25N3O2S2. The highest BCUT2D eigenvalue weighted by Crippen LogP contribution is 2.26. The summed E-state index contributed by atoms with van der Waals surface area (Å²) < 4.78 is 0. The van der Waals surface area contributed by atoms with Gasteiger partial charge in [-0.15, -0.1) is 23.1 Å². The molecule has 1 aliphatic heterocycles. The molecule has 3 aromatic rings. The number of piperidine rings is 1. The topological polar surface area (TPSA) is 62.3 Å². The van der Waals surface area contributed by atoms with Crippen LogP contribution in [0.4, 0.5) is 0 Å². The van der Waals surface area contributed by atoms with Crippen LogP contribution in [0.1, 0.15) is 51.2 Å². The fourth-order valence-electron chi connectivity index (χ4n) is 3.56. The number of hydrogen-bond acceptors (Lipinski definition) is 5. The summed E-state index contributed by atoms with van der Waals surface area (Å²) in [6.45, 7) is 2.11. The average Bonchev–Trinajstić information content (AvgIpc) is 3.35. The third kappa shape index (κ3) is 5.74. The number of thiazole rings is 1. The molecule has 7 heteroatoms. The first-order valence-electron chi connectivity index (χ1n) is 10.5. The molecular weight excluding hydrogens is 426 g/mol. The summed E-state index contributed by atoms with van der Waals surface area (Å²) in [5, 5.41) is 5.02. The summed E-state index contributed by atoms with van der Waals surface area (Å²) >= 11 is 3.19. The van der Waals surface area contributed by atoms with Gasteiger partial charge < -0.3 is 10.2 Å². The molecule has 1 fully saturated rings. The summed E-state index contributed by atoms with van der Waals surface area (Å²) in [5.41, 5.74) is 5.18. The predicted molar refractivity (Wildman–Crippen MR) is 125 cm³/mol.